The van der Waals surface area contributed by atoms with Crippen LogP contribution in [0.3, 0.4) is 0 Å². The number of pyridine rings is 1. The Kier molecular flexibility index (Phi) is 6.00. The largest absolute Gasteiger partial charge is 0.505 e. The van der Waals surface area contributed by atoms with Crippen LogP contribution in [-0.4, -0.2) is 27.8 Å². The summed E-state index contributed by atoms with van der Waals surface area (Å²) in [7, 11) is 0. The van der Waals surface area contributed by atoms with Crippen molar-refractivity contribution in [2.24, 2.45) is 0 Å². The molecule has 3 aromatic rings. The number of aromatic nitrogens is 1. The molecule has 0 amide bonds. The van der Waals surface area contributed by atoms with Crippen LogP contribution in [0.5, 0.6) is 23.1 Å². The second kappa shape index (κ2) is 8.48. The van der Waals surface area contributed by atoms with Crippen LogP contribution in [0.2, 0.25) is 0 Å². The van der Waals surface area contributed by atoms with Crippen molar-refractivity contribution in [2.75, 3.05) is 6.61 Å². The fraction of sp³-hybridized carbons (Fsp3) is 0.238. The van der Waals surface area contributed by atoms with Crippen molar-refractivity contribution < 1.29 is 37.7 Å². The van der Waals surface area contributed by atoms with E-state index in [0.29, 0.717) is 6.42 Å². The molecule has 0 fully saturated rings. The molecule has 0 aliphatic carbocycles. The van der Waals surface area contributed by atoms with E-state index in [1.165, 1.54) is 18.2 Å². The number of halogens is 3. The van der Waals surface area contributed by atoms with Gasteiger partial charge in [-0.25, -0.2) is 9.78 Å². The molecule has 6 nitrogen and oxygen atoms in total. The Morgan fingerprint density at radius 3 is 2.33 bits per heavy atom. The van der Waals surface area contributed by atoms with Crippen LogP contribution in [0.25, 0.3) is 10.8 Å². The third-order valence-corrected chi connectivity index (χ3v) is 4.27. The number of alkyl halides is 3. The van der Waals surface area contributed by atoms with E-state index in [9.17, 15) is 28.2 Å². The number of carbonyl (C=O) groups is 1. The van der Waals surface area contributed by atoms with Gasteiger partial charge >= 0.3 is 12.1 Å². The van der Waals surface area contributed by atoms with Gasteiger partial charge in [-0.3, -0.25) is 0 Å². The van der Waals surface area contributed by atoms with E-state index >= 15 is 0 Å². The fourth-order valence-corrected chi connectivity index (χ4v) is 2.69. The van der Waals surface area contributed by atoms with Crippen molar-refractivity contribution in [3.63, 3.8) is 0 Å². The van der Waals surface area contributed by atoms with E-state index in [0.717, 1.165) is 30.7 Å². The predicted molar refractivity (Wildman–Crippen MR) is 102 cm³/mol. The minimum absolute atomic E-state index is 0.0781. The number of rotatable bonds is 6. The normalized spacial score (nSPS) is 11.5. The fourth-order valence-electron chi connectivity index (χ4n) is 2.69. The molecular weight excluding hydrogens is 403 g/mol. The highest BCUT2D eigenvalue weighted by Gasteiger charge is 2.30. The Hall–Kier alpha value is -3.49. The number of ether oxygens (including phenoxy) is 2. The molecule has 0 saturated heterocycles. The van der Waals surface area contributed by atoms with E-state index in [2.05, 4.69) is 4.98 Å². The molecule has 1 aromatic heterocycles. The molecule has 0 aliphatic rings. The molecule has 0 unspecified atom stereocenters. The Bertz CT molecular complexity index is 1060. The van der Waals surface area contributed by atoms with Crippen LogP contribution in [0.1, 0.15) is 35.8 Å². The van der Waals surface area contributed by atoms with Gasteiger partial charge in [0.1, 0.15) is 11.5 Å². The summed E-state index contributed by atoms with van der Waals surface area (Å²) >= 11 is 0. The number of hydrogen-bond acceptors (Lipinski definition) is 6. The van der Waals surface area contributed by atoms with Gasteiger partial charge in [0.2, 0.25) is 5.88 Å². The number of unbranched alkanes of at least 4 members (excludes halogenated alkanes) is 1. The van der Waals surface area contributed by atoms with Crippen molar-refractivity contribution in [2.45, 2.75) is 25.9 Å². The van der Waals surface area contributed by atoms with Gasteiger partial charge in [0.25, 0.3) is 0 Å². The van der Waals surface area contributed by atoms with Crippen LogP contribution in [0, 0.1) is 0 Å². The van der Waals surface area contributed by atoms with E-state index in [1.54, 1.807) is 0 Å². The molecule has 0 bridgehead atoms. The highest BCUT2D eigenvalue weighted by atomic mass is 19.4. The highest BCUT2D eigenvalue weighted by Crippen LogP contribution is 2.37. The van der Waals surface area contributed by atoms with Gasteiger partial charge in [-0.05, 0) is 48.9 Å². The van der Waals surface area contributed by atoms with Crippen molar-refractivity contribution in [1.29, 1.82) is 0 Å². The van der Waals surface area contributed by atoms with Gasteiger partial charge in [-0.2, -0.15) is 13.2 Å². The minimum Gasteiger partial charge on any atom is -0.505 e. The van der Waals surface area contributed by atoms with Crippen molar-refractivity contribution in [3.05, 3.63) is 53.7 Å². The number of nitrogens with zero attached hydrogens (tertiary/aromatic N) is 1. The summed E-state index contributed by atoms with van der Waals surface area (Å²) in [6.07, 6.45) is -3.02. The zero-order chi connectivity index (χ0) is 21.9. The maximum absolute atomic E-state index is 12.7. The molecule has 30 heavy (non-hydrogen) atoms. The van der Waals surface area contributed by atoms with E-state index < -0.39 is 35.0 Å². The number of aromatic hydroxyl groups is 2. The summed E-state index contributed by atoms with van der Waals surface area (Å²) in [5.41, 5.74) is -1.25. The monoisotopic (exact) mass is 421 g/mol. The second-order valence-corrected chi connectivity index (χ2v) is 6.45. The van der Waals surface area contributed by atoms with Crippen LogP contribution >= 0.6 is 0 Å². The summed E-state index contributed by atoms with van der Waals surface area (Å²) in [6.45, 7) is 2.07. The van der Waals surface area contributed by atoms with Gasteiger partial charge in [0, 0.05) is 10.8 Å². The Balaban J connectivity index is 1.90. The summed E-state index contributed by atoms with van der Waals surface area (Å²) < 4.78 is 48.6. The molecule has 158 valence electrons. The Labute approximate surface area is 169 Å². The SMILES string of the molecule is CCCCOC(=O)c1nc(O)c2ccc(Oc3ccc(C(F)(F)F)cc3)cc2c1O. The standard InChI is InChI=1S/C21H18F3NO5/c1-2-3-10-29-20(28)17-18(26)16-11-14(8-9-15(16)19(27)25-17)30-13-6-4-12(5-7-13)21(22,23)24/h4-9,11,26H,2-3,10H2,1H3,(H,25,27). The minimum atomic E-state index is -4.46. The van der Waals surface area contributed by atoms with Crippen molar-refractivity contribution >= 4 is 16.7 Å². The highest BCUT2D eigenvalue weighted by molar-refractivity contribution is 6.01. The predicted octanol–water partition coefficient (Wildman–Crippen LogP) is 5.41. The number of fused-ring (bicyclic) bond motifs is 1. The lowest BCUT2D eigenvalue weighted by molar-refractivity contribution is -0.137. The second-order valence-electron chi connectivity index (χ2n) is 6.45. The smallest absolute Gasteiger partial charge is 0.416 e. The van der Waals surface area contributed by atoms with Gasteiger partial charge in [-0.1, -0.05) is 13.3 Å². The zero-order valence-corrected chi connectivity index (χ0v) is 15.9. The maximum atomic E-state index is 12.7. The van der Waals surface area contributed by atoms with Crippen molar-refractivity contribution in [1.82, 2.24) is 4.98 Å². The van der Waals surface area contributed by atoms with E-state index in [1.807, 2.05) is 6.92 Å². The molecule has 2 aromatic carbocycles. The summed E-state index contributed by atoms with van der Waals surface area (Å²) in [5.74, 6) is -1.55. The summed E-state index contributed by atoms with van der Waals surface area (Å²) in [6, 6.07) is 8.28. The lowest BCUT2D eigenvalue weighted by atomic mass is 10.1. The van der Waals surface area contributed by atoms with E-state index in [4.69, 9.17) is 9.47 Å². The lowest BCUT2D eigenvalue weighted by Gasteiger charge is -2.12. The van der Waals surface area contributed by atoms with Crippen LogP contribution in [0.4, 0.5) is 13.2 Å². The summed E-state index contributed by atoms with van der Waals surface area (Å²) in [4.78, 5) is 15.9. The maximum Gasteiger partial charge on any atom is 0.416 e. The third kappa shape index (κ3) is 4.56. The van der Waals surface area contributed by atoms with Crippen LogP contribution in [-0.2, 0) is 10.9 Å². The molecule has 0 saturated carbocycles. The quantitative estimate of drug-likeness (QED) is 0.408. The van der Waals surface area contributed by atoms with Crippen LogP contribution in [0.15, 0.2) is 42.5 Å². The number of esters is 1. The van der Waals surface area contributed by atoms with Crippen molar-refractivity contribution in [3.8, 4) is 23.1 Å². The molecule has 0 atom stereocenters. The molecule has 0 spiro atoms. The number of benzene rings is 2. The van der Waals surface area contributed by atoms with Crippen LogP contribution < -0.4 is 4.74 Å². The first kappa shape index (κ1) is 21.2. The number of carbonyl (C=O) groups excluding carboxylic acids is 1. The number of hydrogen-bond donors (Lipinski definition) is 2. The average Bonchev–Trinajstić information content (AvgIpc) is 2.70. The van der Waals surface area contributed by atoms with Gasteiger partial charge in [0.05, 0.1) is 12.2 Å². The molecule has 9 heteroatoms. The topological polar surface area (TPSA) is 88.9 Å². The third-order valence-electron chi connectivity index (χ3n) is 4.27. The molecule has 2 N–H and O–H groups in total. The zero-order valence-electron chi connectivity index (χ0n) is 15.9. The van der Waals surface area contributed by atoms with Gasteiger partial charge in [-0.15, -0.1) is 0 Å². The first-order valence-electron chi connectivity index (χ1n) is 9.08. The first-order chi connectivity index (χ1) is 14.2. The molecule has 0 radical (unpaired) electrons. The Morgan fingerprint density at radius 1 is 1.03 bits per heavy atom. The molecular formula is C21H18F3NO5. The Morgan fingerprint density at radius 2 is 1.70 bits per heavy atom. The first-order valence-corrected chi connectivity index (χ1v) is 9.08. The summed E-state index contributed by atoms with van der Waals surface area (Å²) in [5, 5.41) is 20.8. The van der Waals surface area contributed by atoms with E-state index in [-0.39, 0.29) is 28.9 Å². The molecule has 3 rings (SSSR count). The average molecular weight is 421 g/mol. The lowest BCUT2D eigenvalue weighted by Crippen LogP contribution is -2.09. The molecule has 1 heterocycles. The van der Waals surface area contributed by atoms with Gasteiger partial charge in [0.15, 0.2) is 11.4 Å². The molecule has 0 aliphatic heterocycles. The van der Waals surface area contributed by atoms with Gasteiger partial charge < -0.3 is 19.7 Å².